The Kier molecular flexibility index (Phi) is 1.64. The Morgan fingerprint density at radius 3 is 2.67 bits per heavy atom. The molecule has 1 unspecified atom stereocenters. The third kappa shape index (κ3) is 1.03. The number of rotatable bonds is 0. The molecule has 5 heteroatoms. The number of fused-ring (bicyclic) bond motifs is 1. The minimum atomic E-state index is -3.59. The summed E-state index contributed by atoms with van der Waals surface area (Å²) in [7, 11) is -3.59. The van der Waals surface area contributed by atoms with Crippen LogP contribution in [-0.4, -0.2) is 8.42 Å². The lowest BCUT2D eigenvalue weighted by molar-refractivity contribution is 0.311. The smallest absolute Gasteiger partial charge is 0.242 e. The second kappa shape index (κ2) is 2.45. The highest BCUT2D eigenvalue weighted by molar-refractivity contribution is 7.87. The fourth-order valence-electron chi connectivity index (χ4n) is 1.11. The Labute approximate surface area is 75.0 Å². The highest BCUT2D eigenvalue weighted by atomic mass is 35.5. The highest BCUT2D eigenvalue weighted by Crippen LogP contribution is 2.38. The lowest BCUT2D eigenvalue weighted by Crippen LogP contribution is -1.96. The van der Waals surface area contributed by atoms with E-state index in [1.807, 2.05) is 0 Å². The molecule has 3 nitrogen and oxygen atoms in total. The number of hydrogen-bond acceptors (Lipinski definition) is 3. The maximum absolute atomic E-state index is 11.2. The highest BCUT2D eigenvalue weighted by Gasteiger charge is 2.33. The number of hydrogen-bond donors (Lipinski definition) is 0. The minimum Gasteiger partial charge on any atom is -0.242 e. The molecule has 0 fully saturated rings. The van der Waals surface area contributed by atoms with Gasteiger partial charge in [0.1, 0.15) is 4.90 Å². The van der Waals surface area contributed by atoms with Gasteiger partial charge in [0, 0.05) is 5.56 Å². The third-order valence-electron chi connectivity index (χ3n) is 1.64. The topological polar surface area (TPSA) is 43.4 Å². The number of alkyl halides is 1. The van der Waals surface area contributed by atoms with Gasteiger partial charge in [0.2, 0.25) is 0 Å². The monoisotopic (exact) mass is 204 g/mol. The Hall–Kier alpha value is -0.580. The second-order valence-corrected chi connectivity index (χ2v) is 4.34. The average Bonchev–Trinajstić information content (AvgIpc) is 2.25. The Morgan fingerprint density at radius 1 is 1.33 bits per heavy atom. The van der Waals surface area contributed by atoms with Crippen LogP contribution < -0.4 is 0 Å². The zero-order chi connectivity index (χ0) is 8.77. The molecule has 0 radical (unpaired) electrons. The van der Waals surface area contributed by atoms with Crippen molar-refractivity contribution in [1.82, 2.24) is 0 Å². The molecular formula is C7H5ClO3S. The molecule has 2 rings (SSSR count). The van der Waals surface area contributed by atoms with Crippen LogP contribution in [0.1, 0.15) is 11.1 Å². The third-order valence-corrected chi connectivity index (χ3v) is 3.43. The molecule has 0 amide bonds. The summed E-state index contributed by atoms with van der Waals surface area (Å²) >= 11 is 5.63. The molecule has 1 aliphatic rings. The average molecular weight is 205 g/mol. The second-order valence-electron chi connectivity index (χ2n) is 2.40. The molecule has 0 bridgehead atoms. The normalized spacial score (nSPS) is 25.2. The minimum absolute atomic E-state index is 0.171. The van der Waals surface area contributed by atoms with Crippen LogP contribution in [0.4, 0.5) is 0 Å². The van der Waals surface area contributed by atoms with Crippen LogP contribution in [-0.2, 0) is 14.3 Å². The summed E-state index contributed by atoms with van der Waals surface area (Å²) in [5, 5.41) is 0. The fourth-order valence-corrected chi connectivity index (χ4v) is 2.79. The van der Waals surface area contributed by atoms with Gasteiger partial charge in [-0.3, -0.25) is 0 Å². The molecule has 1 aromatic carbocycles. The SMILES string of the molecule is O=S1(=O)OC(Cl)c2ccccc21. The van der Waals surface area contributed by atoms with Gasteiger partial charge < -0.3 is 0 Å². The van der Waals surface area contributed by atoms with E-state index in [1.54, 1.807) is 18.2 Å². The molecule has 1 aromatic rings. The molecule has 0 aliphatic carbocycles. The van der Waals surface area contributed by atoms with Gasteiger partial charge in [-0.1, -0.05) is 29.8 Å². The summed E-state index contributed by atoms with van der Waals surface area (Å²) in [5.74, 6) is 0. The quantitative estimate of drug-likeness (QED) is 0.477. The standard InChI is InChI=1S/C7H5ClO3S/c8-7-5-3-1-2-4-6(5)12(9,10)11-7/h1-4,7H. The molecule has 0 N–H and O–H groups in total. The zero-order valence-corrected chi connectivity index (χ0v) is 7.47. The van der Waals surface area contributed by atoms with E-state index in [2.05, 4.69) is 4.18 Å². The van der Waals surface area contributed by atoms with E-state index in [1.165, 1.54) is 6.07 Å². The molecule has 0 spiro atoms. The first-order chi connectivity index (χ1) is 5.61. The largest absolute Gasteiger partial charge is 0.299 e. The van der Waals surface area contributed by atoms with Crippen LogP contribution in [0.25, 0.3) is 0 Å². The van der Waals surface area contributed by atoms with Crippen molar-refractivity contribution >= 4 is 21.7 Å². The molecule has 1 atom stereocenters. The first kappa shape index (κ1) is 8.04. The van der Waals surface area contributed by atoms with Crippen molar-refractivity contribution in [3.8, 4) is 0 Å². The fraction of sp³-hybridized carbons (Fsp3) is 0.143. The van der Waals surface area contributed by atoms with E-state index < -0.39 is 15.7 Å². The van der Waals surface area contributed by atoms with Crippen LogP contribution >= 0.6 is 11.6 Å². The Balaban J connectivity index is 2.74. The predicted octanol–water partition coefficient (Wildman–Crippen LogP) is 1.64. The molecule has 0 aromatic heterocycles. The van der Waals surface area contributed by atoms with Crippen molar-refractivity contribution < 1.29 is 12.6 Å². The molecule has 0 saturated carbocycles. The summed E-state index contributed by atoms with van der Waals surface area (Å²) in [4.78, 5) is 0.171. The Morgan fingerprint density at radius 2 is 2.00 bits per heavy atom. The van der Waals surface area contributed by atoms with E-state index in [0.717, 1.165) is 0 Å². The summed E-state index contributed by atoms with van der Waals surface area (Å²) in [6.07, 6.45) is 0. The summed E-state index contributed by atoms with van der Waals surface area (Å²) in [6.45, 7) is 0. The van der Waals surface area contributed by atoms with Crippen LogP contribution in [0.2, 0.25) is 0 Å². The van der Waals surface area contributed by atoms with E-state index >= 15 is 0 Å². The van der Waals surface area contributed by atoms with Crippen molar-refractivity contribution in [2.24, 2.45) is 0 Å². The summed E-state index contributed by atoms with van der Waals surface area (Å²) in [5.41, 5.74) is -0.356. The van der Waals surface area contributed by atoms with Crippen LogP contribution in [0, 0.1) is 0 Å². The van der Waals surface area contributed by atoms with Crippen LogP contribution in [0.5, 0.6) is 0 Å². The molecule has 12 heavy (non-hydrogen) atoms. The lowest BCUT2D eigenvalue weighted by atomic mass is 10.2. The molecular weight excluding hydrogens is 200 g/mol. The number of benzene rings is 1. The molecule has 0 saturated heterocycles. The Bertz CT molecular complexity index is 412. The van der Waals surface area contributed by atoms with E-state index in [-0.39, 0.29) is 4.90 Å². The molecule has 1 heterocycles. The van der Waals surface area contributed by atoms with Crippen molar-refractivity contribution in [1.29, 1.82) is 0 Å². The van der Waals surface area contributed by atoms with Crippen molar-refractivity contribution in [3.05, 3.63) is 29.8 Å². The van der Waals surface area contributed by atoms with Gasteiger partial charge in [-0.25, -0.2) is 4.18 Å². The van der Waals surface area contributed by atoms with Gasteiger partial charge in [0.05, 0.1) is 0 Å². The van der Waals surface area contributed by atoms with Gasteiger partial charge in [0.15, 0.2) is 5.56 Å². The van der Waals surface area contributed by atoms with Crippen molar-refractivity contribution in [2.75, 3.05) is 0 Å². The summed E-state index contributed by atoms with van der Waals surface area (Å²) < 4.78 is 26.9. The number of halogens is 1. The summed E-state index contributed by atoms with van der Waals surface area (Å²) in [6, 6.07) is 6.47. The van der Waals surface area contributed by atoms with E-state index in [4.69, 9.17) is 11.6 Å². The first-order valence-electron chi connectivity index (χ1n) is 3.27. The van der Waals surface area contributed by atoms with E-state index in [9.17, 15) is 8.42 Å². The van der Waals surface area contributed by atoms with Gasteiger partial charge >= 0.3 is 0 Å². The molecule has 1 aliphatic heterocycles. The first-order valence-corrected chi connectivity index (χ1v) is 5.12. The van der Waals surface area contributed by atoms with Crippen molar-refractivity contribution in [2.45, 2.75) is 10.5 Å². The predicted molar refractivity (Wildman–Crippen MR) is 43.3 cm³/mol. The maximum Gasteiger partial charge on any atom is 0.299 e. The molecule has 64 valence electrons. The maximum atomic E-state index is 11.2. The van der Waals surface area contributed by atoms with Gasteiger partial charge in [-0.2, -0.15) is 8.42 Å². The van der Waals surface area contributed by atoms with Gasteiger partial charge in [-0.05, 0) is 6.07 Å². The van der Waals surface area contributed by atoms with E-state index in [0.29, 0.717) is 5.56 Å². The van der Waals surface area contributed by atoms with Crippen LogP contribution in [0.15, 0.2) is 29.2 Å². The zero-order valence-electron chi connectivity index (χ0n) is 5.90. The lowest BCUT2D eigenvalue weighted by Gasteiger charge is -1.94. The van der Waals surface area contributed by atoms with Crippen molar-refractivity contribution in [3.63, 3.8) is 0 Å². The van der Waals surface area contributed by atoms with Crippen LogP contribution in [0.3, 0.4) is 0 Å². The van der Waals surface area contributed by atoms with Gasteiger partial charge in [0.25, 0.3) is 10.1 Å². The van der Waals surface area contributed by atoms with Gasteiger partial charge in [-0.15, -0.1) is 0 Å².